The number of benzene rings is 1. The van der Waals surface area contributed by atoms with Crippen LogP contribution in [0, 0.1) is 10.1 Å². The third-order valence-electron chi connectivity index (χ3n) is 4.72. The van der Waals surface area contributed by atoms with E-state index in [0.717, 1.165) is 11.3 Å². The van der Waals surface area contributed by atoms with Crippen LogP contribution in [0.15, 0.2) is 67.0 Å². The van der Waals surface area contributed by atoms with Crippen molar-refractivity contribution in [1.82, 2.24) is 15.0 Å². The summed E-state index contributed by atoms with van der Waals surface area (Å²) in [6, 6.07) is 16.5. The SMILES string of the molecule is O=[N+]([O-])c1ccc(NCc2cccnc2)nc1N(c1ccccc1)N1CCOCC1. The smallest absolute Gasteiger partial charge is 0.313 e. The van der Waals surface area contributed by atoms with Gasteiger partial charge in [0.15, 0.2) is 0 Å². The number of hydrazine groups is 1. The highest BCUT2D eigenvalue weighted by atomic mass is 16.6. The van der Waals surface area contributed by atoms with E-state index < -0.39 is 4.92 Å². The summed E-state index contributed by atoms with van der Waals surface area (Å²) in [5.74, 6) is 0.818. The highest BCUT2D eigenvalue weighted by Gasteiger charge is 2.29. The minimum Gasteiger partial charge on any atom is -0.379 e. The van der Waals surface area contributed by atoms with Crippen LogP contribution in [0.1, 0.15) is 5.56 Å². The summed E-state index contributed by atoms with van der Waals surface area (Å²) < 4.78 is 5.47. The van der Waals surface area contributed by atoms with Gasteiger partial charge in [-0.15, -0.1) is 0 Å². The number of aromatic nitrogens is 2. The van der Waals surface area contributed by atoms with Crippen molar-refractivity contribution in [3.05, 3.63) is 82.7 Å². The lowest BCUT2D eigenvalue weighted by molar-refractivity contribution is -0.384. The van der Waals surface area contributed by atoms with Gasteiger partial charge in [0.25, 0.3) is 0 Å². The van der Waals surface area contributed by atoms with E-state index >= 15 is 0 Å². The third-order valence-corrected chi connectivity index (χ3v) is 4.72. The van der Waals surface area contributed by atoms with Crippen LogP contribution in [0.2, 0.25) is 0 Å². The highest BCUT2D eigenvalue weighted by molar-refractivity contribution is 5.69. The van der Waals surface area contributed by atoms with E-state index in [4.69, 9.17) is 4.74 Å². The number of nitrogens with zero attached hydrogens (tertiary/aromatic N) is 5. The molecule has 9 heteroatoms. The Morgan fingerprint density at radius 3 is 2.60 bits per heavy atom. The van der Waals surface area contributed by atoms with Crippen LogP contribution < -0.4 is 10.3 Å². The first-order valence-electron chi connectivity index (χ1n) is 9.68. The topological polar surface area (TPSA) is 96.7 Å². The Morgan fingerprint density at radius 2 is 1.90 bits per heavy atom. The Bertz CT molecular complexity index is 981. The summed E-state index contributed by atoms with van der Waals surface area (Å²) >= 11 is 0. The number of morpholine rings is 1. The van der Waals surface area contributed by atoms with Gasteiger partial charge in [-0.25, -0.2) is 9.99 Å². The van der Waals surface area contributed by atoms with Gasteiger partial charge in [-0.05, 0) is 29.8 Å². The molecule has 2 aromatic heterocycles. The van der Waals surface area contributed by atoms with Crippen LogP contribution >= 0.6 is 0 Å². The first kappa shape index (κ1) is 19.7. The Kier molecular flexibility index (Phi) is 6.11. The average molecular weight is 406 g/mol. The summed E-state index contributed by atoms with van der Waals surface area (Å²) in [5.41, 5.74) is 1.74. The number of ether oxygens (including phenoxy) is 1. The van der Waals surface area contributed by atoms with Crippen LogP contribution in [-0.4, -0.2) is 46.2 Å². The molecular formula is C21H22N6O3. The number of para-hydroxylation sites is 1. The van der Waals surface area contributed by atoms with E-state index in [2.05, 4.69) is 15.3 Å². The lowest BCUT2D eigenvalue weighted by atomic mass is 10.2. The number of pyridine rings is 2. The maximum Gasteiger partial charge on any atom is 0.313 e. The lowest BCUT2D eigenvalue weighted by Crippen LogP contribution is -2.47. The van der Waals surface area contributed by atoms with Crippen LogP contribution in [-0.2, 0) is 11.3 Å². The van der Waals surface area contributed by atoms with Crippen molar-refractivity contribution in [2.45, 2.75) is 6.54 Å². The number of anilines is 3. The highest BCUT2D eigenvalue weighted by Crippen LogP contribution is 2.34. The summed E-state index contributed by atoms with van der Waals surface area (Å²) in [6.45, 7) is 2.84. The van der Waals surface area contributed by atoms with E-state index in [1.54, 1.807) is 18.5 Å². The van der Waals surface area contributed by atoms with Crippen LogP contribution in [0.3, 0.4) is 0 Å². The molecular weight excluding hydrogens is 384 g/mol. The fourth-order valence-electron chi connectivity index (χ4n) is 3.28. The number of nitro groups is 1. The van der Waals surface area contributed by atoms with Crippen LogP contribution in [0.4, 0.5) is 23.0 Å². The third kappa shape index (κ3) is 4.53. The second kappa shape index (κ2) is 9.29. The molecule has 1 aliphatic rings. The summed E-state index contributed by atoms with van der Waals surface area (Å²) in [4.78, 5) is 20.1. The van der Waals surface area contributed by atoms with Gasteiger partial charge in [-0.3, -0.25) is 20.1 Å². The molecule has 154 valence electrons. The summed E-state index contributed by atoms with van der Waals surface area (Å²) in [7, 11) is 0. The van der Waals surface area contributed by atoms with Crippen LogP contribution in [0.5, 0.6) is 0 Å². The molecule has 1 aromatic carbocycles. The van der Waals surface area contributed by atoms with Gasteiger partial charge in [0.2, 0.25) is 5.82 Å². The zero-order valence-corrected chi connectivity index (χ0v) is 16.3. The molecule has 0 atom stereocenters. The first-order chi connectivity index (χ1) is 14.7. The molecule has 9 nitrogen and oxygen atoms in total. The average Bonchev–Trinajstić information content (AvgIpc) is 2.80. The molecule has 4 rings (SSSR count). The fourth-order valence-corrected chi connectivity index (χ4v) is 3.28. The molecule has 1 aliphatic heterocycles. The minimum absolute atomic E-state index is 0.0581. The van der Waals surface area contributed by atoms with Crippen molar-refractivity contribution < 1.29 is 9.66 Å². The summed E-state index contributed by atoms with van der Waals surface area (Å²) in [5, 5.41) is 18.9. The van der Waals surface area contributed by atoms with Crippen molar-refractivity contribution in [2.75, 3.05) is 36.6 Å². The predicted octanol–water partition coefficient (Wildman–Crippen LogP) is 3.38. The molecule has 0 unspecified atom stereocenters. The molecule has 0 radical (unpaired) electrons. The van der Waals surface area contributed by atoms with Gasteiger partial charge in [0.1, 0.15) is 5.82 Å². The van der Waals surface area contributed by atoms with Gasteiger partial charge in [-0.1, -0.05) is 24.3 Å². The molecule has 0 aliphatic carbocycles. The minimum atomic E-state index is -0.399. The monoisotopic (exact) mass is 406 g/mol. The van der Waals surface area contributed by atoms with Crippen molar-refractivity contribution in [1.29, 1.82) is 0 Å². The summed E-state index contributed by atoms with van der Waals surface area (Å²) in [6.07, 6.45) is 3.48. The second-order valence-electron chi connectivity index (χ2n) is 6.72. The van der Waals surface area contributed by atoms with Crippen molar-refractivity contribution in [3.63, 3.8) is 0 Å². The maximum atomic E-state index is 11.8. The molecule has 3 heterocycles. The van der Waals surface area contributed by atoms with E-state index in [1.807, 2.05) is 52.5 Å². The Morgan fingerprint density at radius 1 is 1.10 bits per heavy atom. The van der Waals surface area contributed by atoms with Gasteiger partial charge in [0.05, 0.1) is 23.8 Å². The number of hydrogen-bond donors (Lipinski definition) is 1. The molecule has 1 saturated heterocycles. The maximum absolute atomic E-state index is 11.8. The molecule has 0 bridgehead atoms. The normalized spacial score (nSPS) is 14.3. The molecule has 3 aromatic rings. The van der Waals surface area contributed by atoms with Crippen molar-refractivity contribution in [3.8, 4) is 0 Å². The zero-order chi connectivity index (χ0) is 20.8. The van der Waals surface area contributed by atoms with Gasteiger partial charge < -0.3 is 10.1 Å². The standard InChI is InChI=1S/C21H22N6O3/c28-27(29)19-8-9-20(23-16-17-5-4-10-22-15-17)24-21(19)26(18-6-2-1-3-7-18)25-11-13-30-14-12-25/h1-10,15H,11-14,16H2,(H,23,24). The van der Waals surface area contributed by atoms with Crippen molar-refractivity contribution >= 4 is 23.0 Å². The zero-order valence-electron chi connectivity index (χ0n) is 16.3. The second-order valence-corrected chi connectivity index (χ2v) is 6.72. The largest absolute Gasteiger partial charge is 0.379 e. The quantitative estimate of drug-likeness (QED) is 0.471. The van der Waals surface area contributed by atoms with E-state index in [1.165, 1.54) is 6.07 Å². The van der Waals surface area contributed by atoms with E-state index in [-0.39, 0.29) is 11.5 Å². The fraction of sp³-hybridized carbons (Fsp3) is 0.238. The van der Waals surface area contributed by atoms with Gasteiger partial charge in [-0.2, -0.15) is 0 Å². The first-order valence-corrected chi connectivity index (χ1v) is 9.68. The Labute approximate surface area is 174 Å². The lowest BCUT2D eigenvalue weighted by Gasteiger charge is -2.37. The van der Waals surface area contributed by atoms with Crippen LogP contribution in [0.25, 0.3) is 0 Å². The Hall–Kier alpha value is -3.56. The molecule has 0 spiro atoms. The number of nitrogens with one attached hydrogen (secondary N) is 1. The molecule has 0 amide bonds. The molecule has 1 fully saturated rings. The van der Waals surface area contributed by atoms with E-state index in [9.17, 15) is 10.1 Å². The molecule has 1 N–H and O–H groups in total. The molecule has 0 saturated carbocycles. The van der Waals surface area contributed by atoms with Gasteiger partial charge >= 0.3 is 5.69 Å². The Balaban J connectivity index is 1.71. The van der Waals surface area contributed by atoms with E-state index in [0.29, 0.717) is 38.7 Å². The number of hydrogen-bond acceptors (Lipinski definition) is 8. The van der Waals surface area contributed by atoms with Crippen molar-refractivity contribution in [2.24, 2.45) is 0 Å². The number of rotatable bonds is 7. The predicted molar refractivity (Wildman–Crippen MR) is 113 cm³/mol. The molecule has 30 heavy (non-hydrogen) atoms. The van der Waals surface area contributed by atoms with Gasteiger partial charge in [0, 0.05) is 38.1 Å².